The van der Waals surface area contributed by atoms with Crippen molar-refractivity contribution in [2.75, 3.05) is 20.2 Å². The van der Waals surface area contributed by atoms with Crippen molar-refractivity contribution in [3.8, 4) is 5.75 Å². The number of amides is 3. The van der Waals surface area contributed by atoms with Crippen molar-refractivity contribution in [2.45, 2.75) is 0 Å². The highest BCUT2D eigenvalue weighted by molar-refractivity contribution is 8.18. The van der Waals surface area contributed by atoms with Crippen molar-refractivity contribution in [3.05, 3.63) is 64.8 Å². The van der Waals surface area contributed by atoms with Crippen LogP contribution in [0.3, 0.4) is 0 Å². The van der Waals surface area contributed by atoms with Crippen LogP contribution in [0.5, 0.6) is 5.75 Å². The van der Waals surface area contributed by atoms with Gasteiger partial charge in [-0.3, -0.25) is 24.3 Å². The molecule has 1 fully saturated rings. The van der Waals surface area contributed by atoms with Gasteiger partial charge in [-0.1, -0.05) is 12.1 Å². The molecule has 2 aromatic rings. The first-order chi connectivity index (χ1) is 13.1. The molecular formula is C19H17N3O4S. The summed E-state index contributed by atoms with van der Waals surface area (Å²) >= 11 is 0.888. The van der Waals surface area contributed by atoms with Crippen molar-refractivity contribution in [3.63, 3.8) is 0 Å². The zero-order chi connectivity index (χ0) is 19.2. The van der Waals surface area contributed by atoms with E-state index in [4.69, 9.17) is 4.74 Å². The van der Waals surface area contributed by atoms with Crippen molar-refractivity contribution in [2.24, 2.45) is 0 Å². The predicted molar refractivity (Wildman–Crippen MR) is 102 cm³/mol. The molecule has 3 rings (SSSR count). The highest BCUT2D eigenvalue weighted by Gasteiger charge is 2.34. The van der Waals surface area contributed by atoms with Gasteiger partial charge < -0.3 is 10.1 Å². The van der Waals surface area contributed by atoms with E-state index in [1.54, 1.807) is 37.5 Å². The van der Waals surface area contributed by atoms with Crippen LogP contribution in [-0.2, 0) is 4.79 Å². The van der Waals surface area contributed by atoms with Gasteiger partial charge in [-0.15, -0.1) is 0 Å². The van der Waals surface area contributed by atoms with E-state index in [1.165, 1.54) is 12.4 Å². The Hall–Kier alpha value is -3.13. The third kappa shape index (κ3) is 4.53. The number of aromatic nitrogens is 1. The number of hydrogen-bond donors (Lipinski definition) is 1. The Morgan fingerprint density at radius 3 is 2.56 bits per heavy atom. The summed E-state index contributed by atoms with van der Waals surface area (Å²) in [6.45, 7) is 0.288. The normalized spacial score (nSPS) is 15.3. The smallest absolute Gasteiger partial charge is 0.293 e. The van der Waals surface area contributed by atoms with Crippen molar-refractivity contribution in [1.29, 1.82) is 0 Å². The van der Waals surface area contributed by atoms with Gasteiger partial charge in [0.2, 0.25) is 0 Å². The topological polar surface area (TPSA) is 88.6 Å². The Morgan fingerprint density at radius 1 is 1.19 bits per heavy atom. The summed E-state index contributed by atoms with van der Waals surface area (Å²) in [5, 5.41) is 2.34. The van der Waals surface area contributed by atoms with Crippen molar-refractivity contribution < 1.29 is 19.1 Å². The molecule has 0 bridgehead atoms. The molecule has 1 aromatic carbocycles. The van der Waals surface area contributed by atoms with Crippen LogP contribution >= 0.6 is 11.8 Å². The van der Waals surface area contributed by atoms with Crippen LogP contribution in [0.25, 0.3) is 6.08 Å². The molecule has 8 heteroatoms. The molecule has 0 saturated carbocycles. The third-order valence-electron chi connectivity index (χ3n) is 3.85. The number of nitrogens with zero attached hydrogens (tertiary/aromatic N) is 2. The maximum Gasteiger partial charge on any atom is 0.293 e. The van der Waals surface area contributed by atoms with Gasteiger partial charge >= 0.3 is 0 Å². The molecule has 27 heavy (non-hydrogen) atoms. The highest BCUT2D eigenvalue weighted by atomic mass is 32.2. The number of hydrogen-bond acceptors (Lipinski definition) is 6. The highest BCUT2D eigenvalue weighted by Crippen LogP contribution is 2.32. The molecule has 1 N–H and O–H groups in total. The second-order valence-corrected chi connectivity index (χ2v) is 6.59. The van der Waals surface area contributed by atoms with Gasteiger partial charge in [0, 0.05) is 31.0 Å². The van der Waals surface area contributed by atoms with Crippen LogP contribution < -0.4 is 10.1 Å². The number of rotatable bonds is 6. The average molecular weight is 383 g/mol. The van der Waals surface area contributed by atoms with Gasteiger partial charge in [0.1, 0.15) is 5.75 Å². The molecule has 1 aliphatic heterocycles. The molecule has 3 amide bonds. The summed E-state index contributed by atoms with van der Waals surface area (Å²) in [6.07, 6.45) is 4.71. The number of thioether (sulfide) groups is 1. The SMILES string of the molecule is COc1ccc(/C=C2\SC(=O)N(CCNC(=O)c3ccncc3)C2=O)cc1. The van der Waals surface area contributed by atoms with Crippen molar-refractivity contribution in [1.82, 2.24) is 15.2 Å². The zero-order valence-corrected chi connectivity index (χ0v) is 15.4. The average Bonchev–Trinajstić information content (AvgIpc) is 2.96. The molecule has 2 heterocycles. The number of benzene rings is 1. The van der Waals surface area contributed by atoms with E-state index in [0.717, 1.165) is 22.2 Å². The lowest BCUT2D eigenvalue weighted by Crippen LogP contribution is -2.37. The van der Waals surface area contributed by atoms with E-state index in [1.807, 2.05) is 12.1 Å². The molecule has 0 atom stereocenters. The summed E-state index contributed by atoms with van der Waals surface area (Å²) in [4.78, 5) is 41.9. The fourth-order valence-electron chi connectivity index (χ4n) is 2.43. The van der Waals surface area contributed by atoms with Gasteiger partial charge in [-0.05, 0) is 47.7 Å². The number of nitrogens with one attached hydrogen (secondary N) is 1. The lowest BCUT2D eigenvalue weighted by atomic mass is 10.2. The first-order valence-corrected chi connectivity index (χ1v) is 8.98. The minimum absolute atomic E-state index is 0.113. The summed E-state index contributed by atoms with van der Waals surface area (Å²) in [7, 11) is 1.58. The number of imide groups is 1. The maximum absolute atomic E-state index is 12.5. The van der Waals surface area contributed by atoms with Crippen LogP contribution in [0, 0.1) is 0 Å². The number of carbonyl (C=O) groups excluding carboxylic acids is 3. The first-order valence-electron chi connectivity index (χ1n) is 8.16. The van der Waals surface area contributed by atoms with E-state index in [-0.39, 0.29) is 30.1 Å². The monoisotopic (exact) mass is 383 g/mol. The second kappa shape index (κ2) is 8.50. The Bertz CT molecular complexity index is 882. The Balaban J connectivity index is 1.59. The molecule has 1 aromatic heterocycles. The fourth-order valence-corrected chi connectivity index (χ4v) is 3.30. The van der Waals surface area contributed by atoms with Crippen molar-refractivity contribution >= 4 is 34.9 Å². The van der Waals surface area contributed by atoms with Gasteiger partial charge in [-0.2, -0.15) is 0 Å². The lowest BCUT2D eigenvalue weighted by Gasteiger charge is -2.12. The summed E-state index contributed by atoms with van der Waals surface area (Å²) in [5.41, 5.74) is 1.27. The zero-order valence-electron chi connectivity index (χ0n) is 14.5. The van der Waals surface area contributed by atoms with E-state index < -0.39 is 0 Å². The maximum atomic E-state index is 12.5. The minimum atomic E-state index is -0.362. The Kier molecular flexibility index (Phi) is 5.87. The van der Waals surface area contributed by atoms with Gasteiger partial charge in [0.25, 0.3) is 17.1 Å². The van der Waals surface area contributed by atoms with Crippen LogP contribution in [0.15, 0.2) is 53.7 Å². The molecule has 0 aliphatic carbocycles. The van der Waals surface area contributed by atoms with Gasteiger partial charge in [0.05, 0.1) is 12.0 Å². The molecule has 0 unspecified atom stereocenters. The van der Waals surface area contributed by atoms with Crippen LogP contribution in [0.2, 0.25) is 0 Å². The lowest BCUT2D eigenvalue weighted by molar-refractivity contribution is -0.122. The molecule has 1 saturated heterocycles. The number of pyridine rings is 1. The molecular weight excluding hydrogens is 366 g/mol. The third-order valence-corrected chi connectivity index (χ3v) is 4.76. The molecule has 1 aliphatic rings. The molecule has 0 radical (unpaired) electrons. The van der Waals surface area contributed by atoms with Crippen LogP contribution in [0.1, 0.15) is 15.9 Å². The largest absolute Gasteiger partial charge is 0.497 e. The number of ether oxygens (including phenoxy) is 1. The van der Waals surface area contributed by atoms with E-state index >= 15 is 0 Å². The predicted octanol–water partition coefficient (Wildman–Crippen LogP) is 2.56. The minimum Gasteiger partial charge on any atom is -0.497 e. The quantitative estimate of drug-likeness (QED) is 0.772. The Labute approximate surface area is 160 Å². The van der Waals surface area contributed by atoms with Crippen LogP contribution in [-0.4, -0.2) is 47.1 Å². The van der Waals surface area contributed by atoms with Crippen LogP contribution in [0.4, 0.5) is 4.79 Å². The second-order valence-electron chi connectivity index (χ2n) is 5.60. The fraction of sp³-hybridized carbons (Fsp3) is 0.158. The summed E-state index contributed by atoms with van der Waals surface area (Å²) in [5.74, 6) is 0.0716. The van der Waals surface area contributed by atoms with E-state index in [0.29, 0.717) is 16.2 Å². The summed E-state index contributed by atoms with van der Waals surface area (Å²) < 4.78 is 5.10. The van der Waals surface area contributed by atoms with E-state index in [9.17, 15) is 14.4 Å². The standard InChI is InChI=1S/C19H17N3O4S/c1-26-15-4-2-13(3-5-15)12-16-18(24)22(19(25)27-16)11-10-21-17(23)14-6-8-20-9-7-14/h2-9,12H,10-11H2,1H3,(H,21,23)/b16-12-. The number of carbonyl (C=O) groups is 3. The Morgan fingerprint density at radius 2 is 1.89 bits per heavy atom. The van der Waals surface area contributed by atoms with Gasteiger partial charge in [-0.25, -0.2) is 0 Å². The molecule has 138 valence electrons. The summed E-state index contributed by atoms with van der Waals surface area (Å²) in [6, 6.07) is 10.4. The molecule has 0 spiro atoms. The van der Waals surface area contributed by atoms with E-state index in [2.05, 4.69) is 10.3 Å². The van der Waals surface area contributed by atoms with Gasteiger partial charge in [0.15, 0.2) is 0 Å². The first kappa shape index (κ1) is 18.7. The molecule has 7 nitrogen and oxygen atoms in total. The number of methoxy groups -OCH3 is 1.